The van der Waals surface area contributed by atoms with E-state index in [0.29, 0.717) is 5.56 Å². The Hall–Kier alpha value is -2.95. The zero-order valence-corrected chi connectivity index (χ0v) is 12.0. The van der Waals surface area contributed by atoms with E-state index < -0.39 is 5.82 Å². The first-order chi connectivity index (χ1) is 10.6. The summed E-state index contributed by atoms with van der Waals surface area (Å²) in [5.41, 5.74) is 2.37. The van der Waals surface area contributed by atoms with Crippen LogP contribution in [0.1, 0.15) is 15.9 Å². The lowest BCUT2D eigenvalue weighted by Gasteiger charge is -2.08. The van der Waals surface area contributed by atoms with E-state index >= 15 is 0 Å². The fraction of sp³-hybridized carbons (Fsp3) is 0.0588. The fourth-order valence-corrected chi connectivity index (χ4v) is 2.12. The SMILES string of the molecule is Cc1ccc(F)c(NC(=O)c2ccc(-n3cccn3)cc2)c1. The van der Waals surface area contributed by atoms with Crippen molar-refractivity contribution in [1.82, 2.24) is 9.78 Å². The Labute approximate surface area is 127 Å². The second-order valence-electron chi connectivity index (χ2n) is 4.93. The molecule has 5 heteroatoms. The van der Waals surface area contributed by atoms with E-state index in [2.05, 4.69) is 10.4 Å². The van der Waals surface area contributed by atoms with Gasteiger partial charge in [-0.15, -0.1) is 0 Å². The predicted molar refractivity (Wildman–Crippen MR) is 82.7 cm³/mol. The number of aromatic nitrogens is 2. The van der Waals surface area contributed by atoms with E-state index in [1.807, 2.05) is 19.2 Å². The van der Waals surface area contributed by atoms with Crippen LogP contribution >= 0.6 is 0 Å². The van der Waals surface area contributed by atoms with Gasteiger partial charge in [0.1, 0.15) is 5.82 Å². The minimum absolute atomic E-state index is 0.182. The Bertz CT molecular complexity index is 795. The average molecular weight is 295 g/mol. The number of aryl methyl sites for hydroxylation is 1. The van der Waals surface area contributed by atoms with Crippen LogP contribution in [0.15, 0.2) is 60.9 Å². The van der Waals surface area contributed by atoms with Crippen molar-refractivity contribution in [3.63, 3.8) is 0 Å². The predicted octanol–water partition coefficient (Wildman–Crippen LogP) is 3.57. The van der Waals surface area contributed by atoms with Crippen molar-refractivity contribution in [2.45, 2.75) is 6.92 Å². The Morgan fingerprint density at radius 3 is 2.64 bits per heavy atom. The molecule has 3 aromatic rings. The van der Waals surface area contributed by atoms with Gasteiger partial charge in [0.15, 0.2) is 0 Å². The Morgan fingerprint density at radius 2 is 1.95 bits per heavy atom. The molecule has 0 spiro atoms. The Morgan fingerprint density at radius 1 is 1.18 bits per heavy atom. The summed E-state index contributed by atoms with van der Waals surface area (Å²) in [5, 5.41) is 6.70. The molecule has 1 amide bonds. The van der Waals surface area contributed by atoms with Gasteiger partial charge in [0.05, 0.1) is 11.4 Å². The lowest BCUT2D eigenvalue weighted by Crippen LogP contribution is -2.13. The number of anilines is 1. The molecule has 0 aliphatic rings. The van der Waals surface area contributed by atoms with Crippen molar-refractivity contribution in [3.8, 4) is 5.69 Å². The second-order valence-corrected chi connectivity index (χ2v) is 4.93. The maximum absolute atomic E-state index is 13.7. The van der Waals surface area contributed by atoms with E-state index in [1.165, 1.54) is 6.07 Å². The lowest BCUT2D eigenvalue weighted by molar-refractivity contribution is 0.102. The van der Waals surface area contributed by atoms with Crippen LogP contribution in [0.3, 0.4) is 0 Å². The summed E-state index contributed by atoms with van der Waals surface area (Å²) in [6, 6.07) is 13.4. The topological polar surface area (TPSA) is 46.9 Å². The molecular formula is C17H14FN3O. The summed E-state index contributed by atoms with van der Waals surface area (Å²) in [7, 11) is 0. The molecule has 0 unspecified atom stereocenters. The molecule has 0 bridgehead atoms. The normalized spacial score (nSPS) is 10.5. The molecule has 0 aliphatic carbocycles. The number of nitrogens with zero attached hydrogens (tertiary/aromatic N) is 2. The number of hydrogen-bond donors (Lipinski definition) is 1. The number of nitrogens with one attached hydrogen (secondary N) is 1. The number of hydrogen-bond acceptors (Lipinski definition) is 2. The minimum Gasteiger partial charge on any atom is -0.319 e. The molecule has 1 N–H and O–H groups in total. The molecule has 1 aromatic heterocycles. The van der Waals surface area contributed by atoms with Gasteiger partial charge in [-0.05, 0) is 55.0 Å². The van der Waals surface area contributed by atoms with Gasteiger partial charge in [-0.2, -0.15) is 5.10 Å². The fourth-order valence-electron chi connectivity index (χ4n) is 2.12. The number of carbonyl (C=O) groups excluding carboxylic acids is 1. The lowest BCUT2D eigenvalue weighted by atomic mass is 10.1. The first-order valence-electron chi connectivity index (χ1n) is 6.81. The summed E-state index contributed by atoms with van der Waals surface area (Å²) in [6.45, 7) is 1.84. The van der Waals surface area contributed by atoms with Gasteiger partial charge in [0.25, 0.3) is 5.91 Å². The summed E-state index contributed by atoms with van der Waals surface area (Å²) in [6.07, 6.45) is 3.50. The third-order valence-electron chi connectivity index (χ3n) is 3.27. The minimum atomic E-state index is -0.452. The van der Waals surface area contributed by atoms with Crippen molar-refractivity contribution < 1.29 is 9.18 Å². The maximum atomic E-state index is 13.7. The molecular weight excluding hydrogens is 281 g/mol. The molecule has 22 heavy (non-hydrogen) atoms. The maximum Gasteiger partial charge on any atom is 0.255 e. The van der Waals surface area contributed by atoms with Crippen LogP contribution in [0.2, 0.25) is 0 Å². The van der Waals surface area contributed by atoms with Crippen LogP contribution in [-0.2, 0) is 0 Å². The highest BCUT2D eigenvalue weighted by Crippen LogP contribution is 2.17. The van der Waals surface area contributed by atoms with Crippen LogP contribution < -0.4 is 5.32 Å². The highest BCUT2D eigenvalue weighted by molar-refractivity contribution is 6.04. The molecule has 0 aliphatic heterocycles. The van der Waals surface area contributed by atoms with Crippen molar-refractivity contribution in [1.29, 1.82) is 0 Å². The van der Waals surface area contributed by atoms with E-state index in [-0.39, 0.29) is 11.6 Å². The highest BCUT2D eigenvalue weighted by Gasteiger charge is 2.09. The van der Waals surface area contributed by atoms with Crippen molar-refractivity contribution in [3.05, 3.63) is 77.9 Å². The van der Waals surface area contributed by atoms with E-state index in [4.69, 9.17) is 0 Å². The number of benzene rings is 2. The first-order valence-corrected chi connectivity index (χ1v) is 6.81. The van der Waals surface area contributed by atoms with Gasteiger partial charge in [0, 0.05) is 18.0 Å². The molecule has 110 valence electrons. The second kappa shape index (κ2) is 5.81. The van der Waals surface area contributed by atoms with Gasteiger partial charge in [-0.3, -0.25) is 4.79 Å². The van der Waals surface area contributed by atoms with Crippen molar-refractivity contribution in [2.75, 3.05) is 5.32 Å². The van der Waals surface area contributed by atoms with Crippen LogP contribution in [0.25, 0.3) is 5.69 Å². The van der Waals surface area contributed by atoms with Crippen LogP contribution in [0.4, 0.5) is 10.1 Å². The quantitative estimate of drug-likeness (QED) is 0.803. The van der Waals surface area contributed by atoms with Crippen LogP contribution in [0, 0.1) is 12.7 Å². The van der Waals surface area contributed by atoms with Crippen molar-refractivity contribution in [2.24, 2.45) is 0 Å². The number of amides is 1. The van der Waals surface area contributed by atoms with E-state index in [0.717, 1.165) is 11.3 Å². The molecule has 0 atom stereocenters. The number of rotatable bonds is 3. The highest BCUT2D eigenvalue weighted by atomic mass is 19.1. The molecule has 1 heterocycles. The number of carbonyl (C=O) groups is 1. The molecule has 0 fully saturated rings. The largest absolute Gasteiger partial charge is 0.319 e. The number of halogens is 1. The third-order valence-corrected chi connectivity index (χ3v) is 3.27. The van der Waals surface area contributed by atoms with Gasteiger partial charge >= 0.3 is 0 Å². The van der Waals surface area contributed by atoms with E-state index in [9.17, 15) is 9.18 Å². The summed E-state index contributed by atoms with van der Waals surface area (Å²) < 4.78 is 15.4. The molecule has 3 rings (SSSR count). The smallest absolute Gasteiger partial charge is 0.255 e. The van der Waals surface area contributed by atoms with Crippen LogP contribution in [0.5, 0.6) is 0 Å². The molecule has 0 radical (unpaired) electrons. The Balaban J connectivity index is 1.79. The van der Waals surface area contributed by atoms with Gasteiger partial charge < -0.3 is 5.32 Å². The summed E-state index contributed by atoms with van der Waals surface area (Å²) in [4.78, 5) is 12.2. The zero-order chi connectivity index (χ0) is 15.5. The summed E-state index contributed by atoms with van der Waals surface area (Å²) in [5.74, 6) is -0.802. The molecule has 4 nitrogen and oxygen atoms in total. The van der Waals surface area contributed by atoms with Gasteiger partial charge in [0.2, 0.25) is 0 Å². The Kier molecular flexibility index (Phi) is 3.70. The summed E-state index contributed by atoms with van der Waals surface area (Å²) >= 11 is 0. The van der Waals surface area contributed by atoms with Gasteiger partial charge in [-0.25, -0.2) is 9.07 Å². The molecule has 0 saturated carbocycles. The first kappa shape index (κ1) is 14.0. The van der Waals surface area contributed by atoms with E-state index in [1.54, 1.807) is 47.3 Å². The average Bonchev–Trinajstić information content (AvgIpc) is 3.05. The van der Waals surface area contributed by atoms with Crippen LogP contribution in [-0.4, -0.2) is 15.7 Å². The molecule has 2 aromatic carbocycles. The monoisotopic (exact) mass is 295 g/mol. The zero-order valence-electron chi connectivity index (χ0n) is 12.0. The third kappa shape index (κ3) is 2.88. The standard InChI is InChI=1S/C17H14FN3O/c1-12-3-8-15(18)16(11-12)20-17(22)13-4-6-14(7-5-13)21-10-2-9-19-21/h2-11H,1H3,(H,20,22). The molecule has 0 saturated heterocycles. The van der Waals surface area contributed by atoms with Gasteiger partial charge in [-0.1, -0.05) is 6.07 Å². The van der Waals surface area contributed by atoms with Crippen molar-refractivity contribution >= 4 is 11.6 Å².